The van der Waals surface area contributed by atoms with Gasteiger partial charge in [0, 0.05) is 5.56 Å². The van der Waals surface area contributed by atoms with Gasteiger partial charge in [-0.25, -0.2) is 0 Å². The van der Waals surface area contributed by atoms with Gasteiger partial charge in [0.15, 0.2) is 12.0 Å². The van der Waals surface area contributed by atoms with Crippen LogP contribution in [0.15, 0.2) is 24.3 Å². The van der Waals surface area contributed by atoms with Crippen molar-refractivity contribution in [1.29, 1.82) is 0 Å². The van der Waals surface area contributed by atoms with Gasteiger partial charge in [0.25, 0.3) is 6.47 Å². The van der Waals surface area contributed by atoms with Gasteiger partial charge in [0.2, 0.25) is 0 Å². The van der Waals surface area contributed by atoms with Gasteiger partial charge in [-0.05, 0) is 115 Å². The Morgan fingerprint density at radius 2 is 1.52 bits per heavy atom. The van der Waals surface area contributed by atoms with Gasteiger partial charge in [-0.1, -0.05) is 0 Å². The van der Waals surface area contributed by atoms with Gasteiger partial charge in [-0.2, -0.15) is 0 Å². The van der Waals surface area contributed by atoms with Crippen LogP contribution in [0.1, 0.15) is 11.8 Å². The summed E-state index contributed by atoms with van der Waals surface area (Å²) in [4.78, 5) is 10.4. The second kappa shape index (κ2) is 8.66. The van der Waals surface area contributed by atoms with E-state index in [1.165, 1.54) is 0 Å². The van der Waals surface area contributed by atoms with Crippen molar-refractivity contribution in [3.63, 3.8) is 0 Å². The summed E-state index contributed by atoms with van der Waals surface area (Å²) in [5.74, 6) is 1.56. The van der Waals surface area contributed by atoms with E-state index >= 15 is 0 Å². The Labute approximate surface area is 187 Å². The second-order valence-electron chi connectivity index (χ2n) is 4.30. The van der Waals surface area contributed by atoms with Crippen molar-refractivity contribution in [3.05, 3.63) is 44.1 Å². The zero-order chi connectivity index (χ0) is 17.1. The normalized spacial score (nSPS) is 11.9. The molecule has 1 unspecified atom stereocenters. The lowest BCUT2D eigenvalue weighted by Gasteiger charge is -2.15. The van der Waals surface area contributed by atoms with Crippen molar-refractivity contribution in [1.82, 2.24) is 0 Å². The fourth-order valence-corrected chi connectivity index (χ4v) is 5.45. The maximum absolute atomic E-state index is 10.4. The molecule has 9 heteroatoms. The lowest BCUT2D eigenvalue weighted by molar-refractivity contribution is -0.133. The number of phenols is 1. The molecule has 0 aliphatic heterocycles. The average molecular weight is 763 g/mol. The number of phenolic OH excluding ortho intramolecular Hbond substituents is 1. The number of benzene rings is 2. The van der Waals surface area contributed by atoms with Gasteiger partial charge in [0.05, 0.1) is 14.3 Å². The fourth-order valence-electron chi connectivity index (χ4n) is 1.70. The Morgan fingerprint density at radius 3 is 2.00 bits per heavy atom. The van der Waals surface area contributed by atoms with Crippen LogP contribution in [0.4, 0.5) is 0 Å². The van der Waals surface area contributed by atoms with Gasteiger partial charge in [-0.15, -0.1) is 0 Å². The van der Waals surface area contributed by atoms with Crippen LogP contribution in [0.5, 0.6) is 17.2 Å². The minimum Gasteiger partial charge on any atom is -0.506 e. The van der Waals surface area contributed by atoms with Gasteiger partial charge in [0.1, 0.15) is 11.5 Å². The molecule has 0 heterocycles. The van der Waals surface area contributed by atoms with Gasteiger partial charge >= 0.3 is 0 Å². The highest BCUT2D eigenvalue weighted by molar-refractivity contribution is 14.1. The summed E-state index contributed by atoms with van der Waals surface area (Å²) < 4.78 is 13.8. The lowest BCUT2D eigenvalue weighted by atomic mass is 10.2. The molecule has 122 valence electrons. The van der Waals surface area contributed by atoms with Gasteiger partial charge < -0.3 is 14.6 Å². The van der Waals surface area contributed by atoms with E-state index < -0.39 is 6.23 Å². The maximum Gasteiger partial charge on any atom is 0.294 e. The number of carbonyl (C=O) groups excluding carboxylic acids is 1. The maximum atomic E-state index is 10.4. The summed E-state index contributed by atoms with van der Waals surface area (Å²) in [5.41, 5.74) is 6.46. The third kappa shape index (κ3) is 4.94. The summed E-state index contributed by atoms with van der Waals surface area (Å²) in [6.45, 7) is 0.328. The first kappa shape index (κ1) is 19.7. The molecule has 0 saturated heterocycles. The zero-order valence-corrected chi connectivity index (χ0v) is 19.9. The molecule has 0 aliphatic carbocycles. The van der Waals surface area contributed by atoms with E-state index in [0.29, 0.717) is 30.7 Å². The molecule has 5 nitrogen and oxygen atoms in total. The fraction of sp³-hybridized carbons (Fsp3) is 0.0714. The Kier molecular flexibility index (Phi) is 7.42. The van der Waals surface area contributed by atoms with Crippen LogP contribution in [-0.4, -0.2) is 11.6 Å². The number of rotatable bonds is 5. The van der Waals surface area contributed by atoms with Crippen LogP contribution in [0.2, 0.25) is 0 Å². The molecule has 0 fully saturated rings. The number of hydrogen-bond donors (Lipinski definition) is 2. The van der Waals surface area contributed by atoms with Crippen molar-refractivity contribution < 1.29 is 19.4 Å². The third-order valence-corrected chi connectivity index (χ3v) is 6.01. The van der Waals surface area contributed by atoms with E-state index in [4.69, 9.17) is 15.2 Å². The molecular formula is C14H9I4NO4. The van der Waals surface area contributed by atoms with E-state index in [2.05, 4.69) is 90.4 Å². The third-order valence-electron chi connectivity index (χ3n) is 2.76. The molecule has 0 aromatic heterocycles. The van der Waals surface area contributed by atoms with Crippen LogP contribution >= 0.6 is 90.4 Å². The number of aromatic hydroxyl groups is 1. The van der Waals surface area contributed by atoms with E-state index in [1.54, 1.807) is 12.1 Å². The van der Waals surface area contributed by atoms with Crippen molar-refractivity contribution in [2.24, 2.45) is 5.73 Å². The standard InChI is InChI=1S/C14H9I4NO4/c15-8-3-7(4-9(16)12(8)21)23-13-10(17)1-6(2-11(13)18)14(19)22-5-20/h1-5,14,21H,19H2. The number of hydrogen-bond acceptors (Lipinski definition) is 5. The van der Waals surface area contributed by atoms with Crippen molar-refractivity contribution in [2.45, 2.75) is 6.23 Å². The summed E-state index contributed by atoms with van der Waals surface area (Å²) in [6, 6.07) is 7.14. The monoisotopic (exact) mass is 763 g/mol. The van der Waals surface area contributed by atoms with E-state index in [0.717, 1.165) is 7.14 Å². The predicted octanol–water partition coefficient (Wildman–Crippen LogP) is 4.73. The smallest absolute Gasteiger partial charge is 0.294 e. The largest absolute Gasteiger partial charge is 0.506 e. The summed E-state index contributed by atoms with van der Waals surface area (Å²) in [6.07, 6.45) is -0.806. The Balaban J connectivity index is 2.36. The van der Waals surface area contributed by atoms with Crippen molar-refractivity contribution >= 4 is 96.8 Å². The van der Waals surface area contributed by atoms with Crippen LogP contribution in [0.25, 0.3) is 0 Å². The lowest BCUT2D eigenvalue weighted by Crippen LogP contribution is -2.14. The molecule has 0 spiro atoms. The second-order valence-corrected chi connectivity index (χ2v) is 8.95. The van der Waals surface area contributed by atoms with Crippen LogP contribution in [0.3, 0.4) is 0 Å². The highest BCUT2D eigenvalue weighted by Gasteiger charge is 2.16. The van der Waals surface area contributed by atoms with E-state index in [1.807, 2.05) is 12.1 Å². The first-order valence-corrected chi connectivity index (χ1v) is 10.3. The molecule has 1 atom stereocenters. The number of halogens is 4. The summed E-state index contributed by atoms with van der Waals surface area (Å²) in [7, 11) is 0. The molecule has 0 aliphatic rings. The molecule has 23 heavy (non-hydrogen) atoms. The SMILES string of the molecule is NC(OC=O)c1cc(I)c(Oc2cc(I)c(O)c(I)c2)c(I)c1. The highest BCUT2D eigenvalue weighted by Crippen LogP contribution is 2.37. The molecule has 0 saturated carbocycles. The molecule has 3 N–H and O–H groups in total. The highest BCUT2D eigenvalue weighted by atomic mass is 127. The minimum absolute atomic E-state index is 0.246. The molecule has 0 radical (unpaired) electrons. The van der Waals surface area contributed by atoms with Crippen LogP contribution < -0.4 is 10.5 Å². The van der Waals surface area contributed by atoms with Crippen LogP contribution in [-0.2, 0) is 9.53 Å². The van der Waals surface area contributed by atoms with Crippen molar-refractivity contribution in [2.75, 3.05) is 0 Å². The first-order valence-electron chi connectivity index (χ1n) is 6.03. The molecule has 2 aromatic rings. The Hall–Kier alpha value is 0.390. The summed E-state index contributed by atoms with van der Waals surface area (Å²) >= 11 is 8.39. The minimum atomic E-state index is -0.806. The number of ether oxygens (including phenoxy) is 2. The van der Waals surface area contributed by atoms with Crippen molar-refractivity contribution in [3.8, 4) is 17.2 Å². The first-order chi connectivity index (χ1) is 10.8. The number of nitrogens with two attached hydrogens (primary N) is 1. The average Bonchev–Trinajstić information content (AvgIpc) is 2.48. The topological polar surface area (TPSA) is 81.8 Å². The molecule has 2 rings (SSSR count). The quantitative estimate of drug-likeness (QED) is 0.262. The Bertz CT molecular complexity index is 708. The van der Waals surface area contributed by atoms with E-state index in [-0.39, 0.29) is 5.75 Å². The molecule has 2 aromatic carbocycles. The molecule has 0 bridgehead atoms. The molecule has 0 amide bonds. The van der Waals surface area contributed by atoms with Gasteiger partial charge in [-0.3, -0.25) is 10.5 Å². The Morgan fingerprint density at radius 1 is 1.00 bits per heavy atom. The van der Waals surface area contributed by atoms with Crippen LogP contribution in [0, 0.1) is 14.3 Å². The summed E-state index contributed by atoms with van der Waals surface area (Å²) in [5, 5.41) is 9.82. The zero-order valence-electron chi connectivity index (χ0n) is 11.2. The van der Waals surface area contributed by atoms with E-state index in [9.17, 15) is 9.90 Å². The number of carbonyl (C=O) groups is 1. The predicted molar refractivity (Wildman–Crippen MR) is 120 cm³/mol. The molecular weight excluding hydrogens is 754 g/mol.